The minimum absolute atomic E-state index is 0.350. The summed E-state index contributed by atoms with van der Waals surface area (Å²) in [5.41, 5.74) is 1.69. The van der Waals surface area contributed by atoms with E-state index in [1.807, 2.05) is 0 Å². The van der Waals surface area contributed by atoms with Crippen LogP contribution in [-0.4, -0.2) is 57.9 Å². The van der Waals surface area contributed by atoms with E-state index in [1.54, 1.807) is 32.4 Å². The van der Waals surface area contributed by atoms with E-state index >= 15 is 0 Å². The zero-order chi connectivity index (χ0) is 21.0. The number of methoxy groups -OCH3 is 3. The Morgan fingerprint density at radius 2 is 1.97 bits per heavy atom. The van der Waals surface area contributed by atoms with Crippen LogP contribution in [0.1, 0.15) is 31.4 Å². The molecule has 1 aromatic carbocycles. The van der Waals surface area contributed by atoms with E-state index < -0.39 is 12.0 Å². The summed E-state index contributed by atoms with van der Waals surface area (Å²) in [7, 11) is 4.45. The van der Waals surface area contributed by atoms with Gasteiger partial charge >= 0.3 is 12.0 Å². The number of likely N-dealkylation sites (tertiary alicyclic amines) is 1. The number of carbonyl (C=O) groups excluding carboxylic acids is 2. The maximum Gasteiger partial charge on any atom is 0.338 e. The normalized spacial score (nSPS) is 22.6. The van der Waals surface area contributed by atoms with E-state index in [2.05, 4.69) is 22.5 Å². The van der Waals surface area contributed by atoms with E-state index in [0.717, 1.165) is 19.5 Å². The number of benzene rings is 1. The molecule has 29 heavy (non-hydrogen) atoms. The summed E-state index contributed by atoms with van der Waals surface area (Å²) in [5, 5.41) is 5.66. The van der Waals surface area contributed by atoms with Gasteiger partial charge in [-0.1, -0.05) is 13.0 Å². The Labute approximate surface area is 171 Å². The van der Waals surface area contributed by atoms with Gasteiger partial charge in [-0.3, -0.25) is 4.90 Å². The van der Waals surface area contributed by atoms with Gasteiger partial charge in [-0.2, -0.15) is 0 Å². The average molecular weight is 403 g/mol. The van der Waals surface area contributed by atoms with Crippen molar-refractivity contribution in [1.29, 1.82) is 0 Å². The van der Waals surface area contributed by atoms with Gasteiger partial charge < -0.3 is 24.8 Å². The van der Waals surface area contributed by atoms with Crippen molar-refractivity contribution in [1.82, 2.24) is 15.5 Å². The number of hydrogen-bond donors (Lipinski definition) is 2. The molecule has 2 aliphatic rings. The fourth-order valence-corrected chi connectivity index (χ4v) is 4.03. The highest BCUT2D eigenvalue weighted by atomic mass is 16.5. The predicted octanol–water partition coefficient (Wildman–Crippen LogP) is 2.22. The summed E-state index contributed by atoms with van der Waals surface area (Å²) in [6.45, 7) is 4.58. The van der Waals surface area contributed by atoms with Crippen LogP contribution in [0, 0.1) is 5.92 Å². The molecular formula is C21H29N3O5. The third kappa shape index (κ3) is 4.64. The number of urea groups is 1. The first kappa shape index (κ1) is 21.0. The van der Waals surface area contributed by atoms with Gasteiger partial charge in [0.1, 0.15) is 0 Å². The average Bonchev–Trinajstić information content (AvgIpc) is 2.72. The second kappa shape index (κ2) is 9.17. The van der Waals surface area contributed by atoms with E-state index in [1.165, 1.54) is 13.5 Å². The quantitative estimate of drug-likeness (QED) is 0.708. The molecule has 8 heteroatoms. The molecule has 2 N–H and O–H groups in total. The molecule has 0 aromatic heterocycles. The zero-order valence-electron chi connectivity index (χ0n) is 17.4. The van der Waals surface area contributed by atoms with E-state index in [9.17, 15) is 9.59 Å². The van der Waals surface area contributed by atoms with Crippen molar-refractivity contribution in [2.45, 2.75) is 25.8 Å². The van der Waals surface area contributed by atoms with E-state index in [-0.39, 0.29) is 6.03 Å². The fraction of sp³-hybridized carbons (Fsp3) is 0.524. The molecule has 2 heterocycles. The molecule has 1 fully saturated rings. The van der Waals surface area contributed by atoms with Gasteiger partial charge in [0.25, 0.3) is 0 Å². The Balaban J connectivity index is 2.00. The molecule has 0 saturated carbocycles. The highest BCUT2D eigenvalue weighted by molar-refractivity contribution is 5.95. The molecule has 2 aliphatic heterocycles. The van der Waals surface area contributed by atoms with Crippen molar-refractivity contribution < 1.29 is 23.8 Å². The Bertz CT molecular complexity index is 808. The molecule has 0 aliphatic carbocycles. The molecule has 1 aromatic rings. The lowest BCUT2D eigenvalue weighted by atomic mass is 9.94. The van der Waals surface area contributed by atoms with Crippen LogP contribution in [0.4, 0.5) is 4.79 Å². The Hall–Kier alpha value is -2.74. The van der Waals surface area contributed by atoms with Crippen molar-refractivity contribution in [3.63, 3.8) is 0 Å². The monoisotopic (exact) mass is 403 g/mol. The Morgan fingerprint density at radius 3 is 2.62 bits per heavy atom. The third-order valence-electron chi connectivity index (χ3n) is 5.42. The lowest BCUT2D eigenvalue weighted by molar-refractivity contribution is -0.136. The van der Waals surface area contributed by atoms with Crippen molar-refractivity contribution in [3.8, 4) is 11.5 Å². The first-order valence-electron chi connectivity index (χ1n) is 9.80. The summed E-state index contributed by atoms with van der Waals surface area (Å²) in [5.74, 6) is 1.21. The molecular weight excluding hydrogens is 374 g/mol. The molecule has 8 nitrogen and oxygen atoms in total. The maximum atomic E-state index is 12.7. The molecule has 0 spiro atoms. The second-order valence-corrected chi connectivity index (χ2v) is 7.51. The number of rotatable bonds is 6. The van der Waals surface area contributed by atoms with Gasteiger partial charge in [0.2, 0.25) is 0 Å². The molecule has 0 radical (unpaired) electrons. The standard InChI is InChI=1S/C21H29N3O5/c1-13-6-5-9-24(11-13)12-15-18(20(25)29-4)19(23-21(26)22-15)14-7-8-16(27-2)17(10-14)28-3/h7-8,10,13,19H,5-6,9,11-12H2,1-4H3,(H2,22,23,26)/t13-,19+/m0/s1. The molecule has 0 bridgehead atoms. The van der Waals surface area contributed by atoms with Gasteiger partial charge in [-0.15, -0.1) is 0 Å². The van der Waals surface area contributed by atoms with Crippen LogP contribution in [0.25, 0.3) is 0 Å². The van der Waals surface area contributed by atoms with E-state index in [4.69, 9.17) is 14.2 Å². The van der Waals surface area contributed by atoms with Gasteiger partial charge in [0.15, 0.2) is 11.5 Å². The van der Waals surface area contributed by atoms with Crippen molar-refractivity contribution >= 4 is 12.0 Å². The Kier molecular flexibility index (Phi) is 6.64. The minimum atomic E-state index is -0.645. The highest BCUT2D eigenvalue weighted by Crippen LogP contribution is 2.34. The number of esters is 1. The summed E-state index contributed by atoms with van der Waals surface area (Å²) < 4.78 is 15.7. The second-order valence-electron chi connectivity index (χ2n) is 7.51. The molecule has 3 rings (SSSR count). The van der Waals surface area contributed by atoms with Crippen molar-refractivity contribution in [2.75, 3.05) is 41.0 Å². The summed E-state index contributed by atoms with van der Waals surface area (Å²) in [6, 6.07) is 4.33. The van der Waals surface area contributed by atoms with Crippen LogP contribution in [0.2, 0.25) is 0 Å². The number of amides is 2. The van der Waals surface area contributed by atoms with Gasteiger partial charge in [0, 0.05) is 18.8 Å². The summed E-state index contributed by atoms with van der Waals surface area (Å²) in [4.78, 5) is 27.4. The number of carbonyl (C=O) groups is 2. The smallest absolute Gasteiger partial charge is 0.338 e. The predicted molar refractivity (Wildman–Crippen MR) is 108 cm³/mol. The van der Waals surface area contributed by atoms with Crippen LogP contribution in [0.3, 0.4) is 0 Å². The highest BCUT2D eigenvalue weighted by Gasteiger charge is 2.35. The minimum Gasteiger partial charge on any atom is -0.493 e. The first-order valence-corrected chi connectivity index (χ1v) is 9.80. The fourth-order valence-electron chi connectivity index (χ4n) is 4.03. The van der Waals surface area contributed by atoms with Crippen molar-refractivity contribution in [2.24, 2.45) is 5.92 Å². The molecule has 2 atom stereocenters. The molecule has 2 amide bonds. The maximum absolute atomic E-state index is 12.7. The largest absolute Gasteiger partial charge is 0.493 e. The van der Waals surface area contributed by atoms with Gasteiger partial charge in [0.05, 0.1) is 32.9 Å². The summed E-state index contributed by atoms with van der Waals surface area (Å²) in [6.07, 6.45) is 2.30. The molecule has 0 unspecified atom stereocenters. The lowest BCUT2D eigenvalue weighted by Gasteiger charge is -2.35. The third-order valence-corrected chi connectivity index (χ3v) is 5.42. The molecule has 158 valence electrons. The number of nitrogens with one attached hydrogen (secondary N) is 2. The van der Waals surface area contributed by atoms with Crippen molar-refractivity contribution in [3.05, 3.63) is 35.0 Å². The number of ether oxygens (including phenoxy) is 3. The summed E-state index contributed by atoms with van der Waals surface area (Å²) >= 11 is 0. The zero-order valence-corrected chi connectivity index (χ0v) is 17.4. The topological polar surface area (TPSA) is 89.1 Å². The van der Waals surface area contributed by atoms with Crippen LogP contribution in [-0.2, 0) is 9.53 Å². The first-order chi connectivity index (χ1) is 14.0. The number of nitrogens with zero attached hydrogens (tertiary/aromatic N) is 1. The number of piperidine rings is 1. The van der Waals surface area contributed by atoms with Crippen LogP contribution in [0.15, 0.2) is 29.5 Å². The van der Waals surface area contributed by atoms with Crippen LogP contribution < -0.4 is 20.1 Å². The van der Waals surface area contributed by atoms with Crippen LogP contribution >= 0.6 is 0 Å². The van der Waals surface area contributed by atoms with Crippen LogP contribution in [0.5, 0.6) is 11.5 Å². The van der Waals surface area contributed by atoms with Gasteiger partial charge in [-0.25, -0.2) is 9.59 Å². The molecule has 1 saturated heterocycles. The van der Waals surface area contributed by atoms with Gasteiger partial charge in [-0.05, 0) is 43.0 Å². The van der Waals surface area contributed by atoms with E-state index in [0.29, 0.717) is 40.8 Å². The SMILES string of the molecule is COC(=O)C1=C(CN2CCC[C@H](C)C2)NC(=O)N[C@@H]1c1ccc(OC)c(OC)c1. The Morgan fingerprint density at radius 1 is 1.21 bits per heavy atom. The number of hydrogen-bond acceptors (Lipinski definition) is 6. The lowest BCUT2D eigenvalue weighted by Crippen LogP contribution is -2.49.